The smallest absolute Gasteiger partial charge is 0.250 e. The molecule has 1 atom stereocenters. The van der Waals surface area contributed by atoms with E-state index in [1.165, 1.54) is 0 Å². The van der Waals surface area contributed by atoms with Crippen LogP contribution in [0.5, 0.6) is 0 Å². The van der Waals surface area contributed by atoms with Crippen molar-refractivity contribution in [3.63, 3.8) is 0 Å². The molecule has 3 N–H and O–H groups in total. The minimum Gasteiger partial charge on any atom is -0.392 e. The van der Waals surface area contributed by atoms with Crippen LogP contribution in [0.1, 0.15) is 44.2 Å². The summed E-state index contributed by atoms with van der Waals surface area (Å²) in [4.78, 5) is 8.27. The monoisotopic (exact) mass is 339 g/mol. The summed E-state index contributed by atoms with van der Waals surface area (Å²) in [7, 11) is -3.54. The van der Waals surface area contributed by atoms with E-state index in [1.54, 1.807) is 6.92 Å². The van der Waals surface area contributed by atoms with Crippen molar-refractivity contribution in [1.29, 1.82) is 0 Å². The van der Waals surface area contributed by atoms with Crippen molar-refractivity contribution in [3.05, 3.63) is 5.69 Å². The van der Waals surface area contributed by atoms with E-state index >= 15 is 0 Å². The highest BCUT2D eigenvalue weighted by Crippen LogP contribution is 2.38. The fourth-order valence-corrected chi connectivity index (χ4v) is 3.48. The molecule has 0 unspecified atom stereocenters. The fourth-order valence-electron chi connectivity index (χ4n) is 2.97. The first kappa shape index (κ1) is 16.1. The summed E-state index contributed by atoms with van der Waals surface area (Å²) in [6, 6.07) is 0. The number of fused-ring (bicyclic) bond motifs is 1. The lowest BCUT2D eigenvalue weighted by Gasteiger charge is -2.12. The van der Waals surface area contributed by atoms with Crippen LogP contribution in [0.4, 0.5) is 5.82 Å². The van der Waals surface area contributed by atoms with Gasteiger partial charge in [0, 0.05) is 18.7 Å². The molecule has 0 aromatic carbocycles. The fraction of sp³-hybridized carbons (Fsp3) is 0.643. The molecule has 0 bridgehead atoms. The molecule has 0 aliphatic heterocycles. The largest absolute Gasteiger partial charge is 0.392 e. The van der Waals surface area contributed by atoms with Gasteiger partial charge in [0.25, 0.3) is 5.16 Å². The van der Waals surface area contributed by atoms with Crippen molar-refractivity contribution in [1.82, 2.24) is 20.2 Å². The quantitative estimate of drug-likeness (QED) is 0.700. The van der Waals surface area contributed by atoms with Crippen molar-refractivity contribution in [3.8, 4) is 0 Å². The molecule has 1 fully saturated rings. The Balaban J connectivity index is 2.13. The summed E-state index contributed by atoms with van der Waals surface area (Å²) in [5.41, 5.74) is 1.29. The maximum absolute atomic E-state index is 11.8. The zero-order chi connectivity index (χ0) is 16.6. The maximum atomic E-state index is 11.8. The first-order chi connectivity index (χ1) is 10.9. The van der Waals surface area contributed by atoms with Crippen molar-refractivity contribution >= 4 is 26.7 Å². The molecule has 3 rings (SSSR count). The summed E-state index contributed by atoms with van der Waals surface area (Å²) in [6.07, 6.45) is 4.94. The minimum absolute atomic E-state index is 0.250. The lowest BCUT2D eigenvalue weighted by molar-refractivity contribution is 0.208. The number of anilines is 1. The maximum Gasteiger partial charge on any atom is 0.250 e. The minimum atomic E-state index is -3.54. The number of aromatic amines is 1. The second-order valence-electron chi connectivity index (χ2n) is 6.17. The molecule has 1 saturated carbocycles. The zero-order valence-corrected chi connectivity index (χ0v) is 14.0. The first-order valence-electron chi connectivity index (χ1n) is 7.74. The highest BCUT2D eigenvalue weighted by atomic mass is 32.2. The molecular weight excluding hydrogens is 318 g/mol. The number of H-pyrrole nitrogens is 1. The Hall–Kier alpha value is -1.74. The zero-order valence-electron chi connectivity index (χ0n) is 13.2. The van der Waals surface area contributed by atoms with Gasteiger partial charge in [-0.15, -0.1) is 0 Å². The van der Waals surface area contributed by atoms with E-state index in [0.717, 1.165) is 43.0 Å². The predicted molar refractivity (Wildman–Crippen MR) is 86.2 cm³/mol. The van der Waals surface area contributed by atoms with Gasteiger partial charge in [-0.1, -0.05) is 12.8 Å². The molecule has 1 aliphatic rings. The number of aliphatic hydroxyl groups is 1. The van der Waals surface area contributed by atoms with Crippen molar-refractivity contribution in [2.24, 2.45) is 0 Å². The van der Waals surface area contributed by atoms with Crippen LogP contribution in [0, 0.1) is 0 Å². The van der Waals surface area contributed by atoms with Crippen LogP contribution in [0.25, 0.3) is 11.0 Å². The van der Waals surface area contributed by atoms with Crippen LogP contribution < -0.4 is 5.32 Å². The topological polar surface area (TPSA) is 121 Å². The molecule has 2 aromatic heterocycles. The second kappa shape index (κ2) is 6.04. The van der Waals surface area contributed by atoms with Gasteiger partial charge in [0.2, 0.25) is 9.84 Å². The van der Waals surface area contributed by atoms with Gasteiger partial charge >= 0.3 is 0 Å². The van der Waals surface area contributed by atoms with Gasteiger partial charge in [0.1, 0.15) is 5.82 Å². The molecule has 2 aromatic rings. The average Bonchev–Trinajstić information content (AvgIpc) is 3.11. The summed E-state index contributed by atoms with van der Waals surface area (Å²) in [6.45, 7) is 1.92. The number of aromatic nitrogens is 4. The molecule has 9 heteroatoms. The van der Waals surface area contributed by atoms with Crippen LogP contribution in [-0.4, -0.2) is 52.6 Å². The number of rotatable bonds is 5. The highest BCUT2D eigenvalue weighted by Gasteiger charge is 2.26. The Morgan fingerprint density at radius 2 is 2.04 bits per heavy atom. The number of sulfone groups is 1. The van der Waals surface area contributed by atoms with Gasteiger partial charge in [-0.3, -0.25) is 5.10 Å². The number of nitrogens with zero attached hydrogens (tertiary/aromatic N) is 3. The molecule has 23 heavy (non-hydrogen) atoms. The lowest BCUT2D eigenvalue weighted by Crippen LogP contribution is -2.17. The molecule has 1 aliphatic carbocycles. The Bertz CT molecular complexity index is 809. The number of hydrogen-bond donors (Lipinski definition) is 3. The number of aliphatic hydroxyl groups excluding tert-OH is 1. The Kier molecular flexibility index (Phi) is 4.24. The summed E-state index contributed by atoms with van der Waals surface area (Å²) >= 11 is 0. The van der Waals surface area contributed by atoms with Crippen LogP contribution in [-0.2, 0) is 9.84 Å². The lowest BCUT2D eigenvalue weighted by atomic mass is 10.0. The third-order valence-corrected chi connectivity index (χ3v) is 4.91. The third-order valence-electron chi connectivity index (χ3n) is 4.07. The van der Waals surface area contributed by atoms with Gasteiger partial charge in [-0.2, -0.15) is 10.1 Å². The second-order valence-corrected chi connectivity index (χ2v) is 8.08. The molecule has 0 saturated heterocycles. The van der Waals surface area contributed by atoms with E-state index in [0.29, 0.717) is 17.4 Å². The van der Waals surface area contributed by atoms with Crippen LogP contribution in [0.2, 0.25) is 0 Å². The average molecular weight is 339 g/mol. The van der Waals surface area contributed by atoms with Gasteiger partial charge in [0.15, 0.2) is 5.65 Å². The predicted octanol–water partition coefficient (Wildman–Crippen LogP) is 1.21. The molecular formula is C14H21N5O3S. The summed E-state index contributed by atoms with van der Waals surface area (Å²) in [5.74, 6) is 0.746. The third kappa shape index (κ3) is 3.30. The molecule has 8 nitrogen and oxygen atoms in total. The standard InChI is InChI=1S/C14H21N5O3S/c1-8(20)7-15-12-10-11(9-5-3-4-6-9)18-19-13(10)17-14(16-12)23(2,21)22/h8-9,20H,3-7H2,1-2H3,(H2,15,16,17,18,19)/t8-/m1/s1. The van der Waals surface area contributed by atoms with E-state index < -0.39 is 15.9 Å². The SMILES string of the molecule is C[C@@H](O)CNc1nc(S(C)(=O)=O)nc2[nH]nc(C3CCCC3)c12. The van der Waals surface area contributed by atoms with Crippen LogP contribution in [0.15, 0.2) is 5.16 Å². The Morgan fingerprint density at radius 3 is 2.65 bits per heavy atom. The first-order valence-corrected chi connectivity index (χ1v) is 9.63. The Morgan fingerprint density at radius 1 is 1.35 bits per heavy atom. The van der Waals surface area contributed by atoms with Gasteiger partial charge < -0.3 is 10.4 Å². The molecule has 126 valence electrons. The van der Waals surface area contributed by atoms with Gasteiger partial charge in [-0.05, 0) is 19.8 Å². The molecule has 0 amide bonds. The molecule has 2 heterocycles. The van der Waals surface area contributed by atoms with Crippen LogP contribution >= 0.6 is 0 Å². The van der Waals surface area contributed by atoms with Gasteiger partial charge in [-0.25, -0.2) is 13.4 Å². The van der Waals surface area contributed by atoms with E-state index in [2.05, 4.69) is 25.5 Å². The van der Waals surface area contributed by atoms with Crippen molar-refractivity contribution in [2.75, 3.05) is 18.1 Å². The number of hydrogen-bond acceptors (Lipinski definition) is 7. The van der Waals surface area contributed by atoms with Crippen molar-refractivity contribution in [2.45, 2.75) is 49.8 Å². The van der Waals surface area contributed by atoms with E-state index in [1.807, 2.05) is 0 Å². The highest BCUT2D eigenvalue weighted by molar-refractivity contribution is 7.90. The van der Waals surface area contributed by atoms with Gasteiger partial charge in [0.05, 0.1) is 17.2 Å². The van der Waals surface area contributed by atoms with E-state index in [-0.39, 0.29) is 11.7 Å². The van der Waals surface area contributed by atoms with E-state index in [9.17, 15) is 13.5 Å². The summed E-state index contributed by atoms with van der Waals surface area (Å²) in [5, 5.41) is 20.2. The van der Waals surface area contributed by atoms with Crippen molar-refractivity contribution < 1.29 is 13.5 Å². The van der Waals surface area contributed by atoms with Crippen LogP contribution in [0.3, 0.4) is 0 Å². The number of nitrogens with one attached hydrogen (secondary N) is 2. The normalized spacial score (nSPS) is 17.7. The Labute approximate surface area is 134 Å². The molecule has 0 spiro atoms. The summed E-state index contributed by atoms with van der Waals surface area (Å²) < 4.78 is 23.6. The van der Waals surface area contributed by atoms with E-state index in [4.69, 9.17) is 0 Å². The molecule has 0 radical (unpaired) electrons.